The van der Waals surface area contributed by atoms with E-state index in [0.29, 0.717) is 0 Å². The largest absolute Gasteiger partial charge is 0.456 e. The number of rotatable bonds is 5. The van der Waals surface area contributed by atoms with Crippen molar-refractivity contribution in [2.24, 2.45) is 0 Å². The molecule has 4 nitrogen and oxygen atoms in total. The van der Waals surface area contributed by atoms with E-state index in [9.17, 15) is 0 Å². The minimum atomic E-state index is -0.157. The number of hydrogen-bond donors (Lipinski definition) is 0. The Balaban J connectivity index is 1.05. The van der Waals surface area contributed by atoms with E-state index < -0.39 is 0 Å². The molecular weight excluding hydrogens is 745 g/mol. The van der Waals surface area contributed by atoms with Crippen molar-refractivity contribution in [1.29, 1.82) is 0 Å². The third-order valence-corrected chi connectivity index (χ3v) is 13.2. The second-order valence-corrected chi connectivity index (χ2v) is 16.9. The molecule has 1 aliphatic rings. The Labute approximate surface area is 352 Å². The molecule has 4 heteroatoms. The fourth-order valence-electron chi connectivity index (χ4n) is 10.4. The van der Waals surface area contributed by atoms with E-state index in [4.69, 9.17) is 8.83 Å². The molecule has 1 aliphatic carbocycles. The van der Waals surface area contributed by atoms with Crippen molar-refractivity contribution in [3.8, 4) is 27.9 Å². The fraction of sp³-hybridized carbons (Fsp3) is 0.0526. The minimum Gasteiger partial charge on any atom is -0.456 e. The van der Waals surface area contributed by atoms with Gasteiger partial charge in [0.1, 0.15) is 22.3 Å². The van der Waals surface area contributed by atoms with Gasteiger partial charge in [-0.2, -0.15) is 0 Å². The standard InChI is InChI=1S/C57H38N2O2/c1-57(2)45-19-9-6-18-41(45)55-46(57)20-12-22-49(55)59(38-28-31-52-43(34-38)40-17-8-11-24-51(40)60-52)50-23-13-25-54-56(50)44-33-36(27-30-53(44)61-54)35-26-29-48-42(32-35)39-16-7-10-21-47(39)58(48)37-14-4-3-5-15-37/h3-34H,1-2H3. The Bertz CT molecular complexity index is 3750. The number of furan rings is 2. The lowest BCUT2D eigenvalue weighted by Gasteiger charge is -2.29. The van der Waals surface area contributed by atoms with Gasteiger partial charge in [0.2, 0.25) is 0 Å². The third-order valence-electron chi connectivity index (χ3n) is 13.2. The first-order valence-electron chi connectivity index (χ1n) is 21.0. The summed E-state index contributed by atoms with van der Waals surface area (Å²) in [6.07, 6.45) is 0. The summed E-state index contributed by atoms with van der Waals surface area (Å²) < 4.78 is 15.5. The van der Waals surface area contributed by atoms with E-state index in [-0.39, 0.29) is 5.41 Å². The SMILES string of the molecule is CC1(C)c2ccccc2-c2c(N(c3ccc4oc5ccccc5c4c3)c3cccc4oc5ccc(-c6ccc7c(c6)c6ccccc6n7-c6ccccc6)cc5c34)cccc21. The summed E-state index contributed by atoms with van der Waals surface area (Å²) in [4.78, 5) is 2.45. The molecule has 0 radical (unpaired) electrons. The molecule has 61 heavy (non-hydrogen) atoms. The van der Waals surface area contributed by atoms with Crippen LogP contribution in [0.25, 0.3) is 93.6 Å². The minimum absolute atomic E-state index is 0.157. The molecule has 13 rings (SSSR count). The molecule has 0 N–H and O–H groups in total. The van der Waals surface area contributed by atoms with Gasteiger partial charge in [0.25, 0.3) is 0 Å². The lowest BCUT2D eigenvalue weighted by molar-refractivity contribution is 0.660. The maximum Gasteiger partial charge on any atom is 0.137 e. The molecule has 3 aromatic heterocycles. The number of benzene rings is 9. The van der Waals surface area contributed by atoms with Gasteiger partial charge in [-0.1, -0.05) is 123 Å². The zero-order valence-electron chi connectivity index (χ0n) is 33.7. The van der Waals surface area contributed by atoms with E-state index >= 15 is 0 Å². The van der Waals surface area contributed by atoms with Gasteiger partial charge in [0, 0.05) is 49.3 Å². The average molecular weight is 783 g/mol. The van der Waals surface area contributed by atoms with Crippen LogP contribution in [0.4, 0.5) is 17.1 Å². The van der Waals surface area contributed by atoms with Crippen molar-refractivity contribution >= 4 is 82.7 Å². The summed E-state index contributed by atoms with van der Waals surface area (Å²) in [5, 5.41) is 6.79. The zero-order chi connectivity index (χ0) is 40.4. The highest BCUT2D eigenvalue weighted by Crippen LogP contribution is 2.55. The molecule has 3 heterocycles. The summed E-state index contributed by atoms with van der Waals surface area (Å²) in [7, 11) is 0. The van der Waals surface area contributed by atoms with Crippen LogP contribution in [0.15, 0.2) is 203 Å². The monoisotopic (exact) mass is 782 g/mol. The van der Waals surface area contributed by atoms with Crippen molar-refractivity contribution in [1.82, 2.24) is 4.57 Å². The summed E-state index contributed by atoms with van der Waals surface area (Å²) in [5.74, 6) is 0. The Hall–Kier alpha value is -7.82. The number of anilines is 3. The van der Waals surface area contributed by atoms with E-state index in [2.05, 4.69) is 205 Å². The predicted molar refractivity (Wildman–Crippen MR) is 253 cm³/mol. The highest BCUT2D eigenvalue weighted by atomic mass is 16.3. The van der Waals surface area contributed by atoms with Gasteiger partial charge < -0.3 is 18.3 Å². The van der Waals surface area contributed by atoms with Gasteiger partial charge in [-0.15, -0.1) is 0 Å². The van der Waals surface area contributed by atoms with Crippen molar-refractivity contribution in [3.63, 3.8) is 0 Å². The van der Waals surface area contributed by atoms with Crippen molar-refractivity contribution < 1.29 is 8.83 Å². The van der Waals surface area contributed by atoms with Crippen LogP contribution in [0.1, 0.15) is 25.0 Å². The molecule has 0 unspecified atom stereocenters. The van der Waals surface area contributed by atoms with Gasteiger partial charge in [-0.05, 0) is 113 Å². The van der Waals surface area contributed by atoms with Crippen LogP contribution in [0, 0.1) is 0 Å². The second kappa shape index (κ2) is 12.6. The van der Waals surface area contributed by atoms with Gasteiger partial charge in [0.05, 0.1) is 27.8 Å². The molecule has 9 aromatic carbocycles. The Morgan fingerprint density at radius 3 is 1.95 bits per heavy atom. The molecule has 0 aliphatic heterocycles. The van der Waals surface area contributed by atoms with E-state index in [1.807, 2.05) is 12.1 Å². The van der Waals surface area contributed by atoms with Crippen molar-refractivity contribution in [3.05, 3.63) is 205 Å². The van der Waals surface area contributed by atoms with Crippen LogP contribution in [0.3, 0.4) is 0 Å². The van der Waals surface area contributed by atoms with E-state index in [1.165, 1.54) is 44.1 Å². The van der Waals surface area contributed by atoms with Gasteiger partial charge in [0.15, 0.2) is 0 Å². The van der Waals surface area contributed by atoms with Crippen LogP contribution >= 0.6 is 0 Å². The Kier molecular flexibility index (Phi) is 7.04. The van der Waals surface area contributed by atoms with Gasteiger partial charge in [-0.3, -0.25) is 0 Å². The number of nitrogens with zero attached hydrogens (tertiary/aromatic N) is 2. The Morgan fingerprint density at radius 2 is 1.05 bits per heavy atom. The van der Waals surface area contributed by atoms with E-state index in [0.717, 1.165) is 77.8 Å². The quantitative estimate of drug-likeness (QED) is 0.174. The number of aromatic nitrogens is 1. The molecule has 0 bridgehead atoms. The summed E-state index contributed by atoms with van der Waals surface area (Å²) in [5.41, 5.74) is 17.6. The molecular formula is C57H38N2O2. The highest BCUT2D eigenvalue weighted by Gasteiger charge is 2.38. The molecule has 12 aromatic rings. The Morgan fingerprint density at radius 1 is 0.426 bits per heavy atom. The van der Waals surface area contributed by atoms with Gasteiger partial charge >= 0.3 is 0 Å². The number of fused-ring (bicyclic) bond motifs is 12. The van der Waals surface area contributed by atoms with Gasteiger partial charge in [-0.25, -0.2) is 0 Å². The molecule has 0 spiro atoms. The zero-order valence-corrected chi connectivity index (χ0v) is 33.7. The molecule has 288 valence electrons. The van der Waals surface area contributed by atoms with E-state index in [1.54, 1.807) is 0 Å². The summed E-state index contributed by atoms with van der Waals surface area (Å²) in [6.45, 7) is 4.69. The summed E-state index contributed by atoms with van der Waals surface area (Å²) in [6, 6.07) is 70.0. The fourth-order valence-corrected chi connectivity index (χ4v) is 10.4. The third kappa shape index (κ3) is 4.87. The second-order valence-electron chi connectivity index (χ2n) is 16.9. The van der Waals surface area contributed by atoms with Crippen LogP contribution in [-0.4, -0.2) is 4.57 Å². The van der Waals surface area contributed by atoms with Crippen LogP contribution < -0.4 is 4.90 Å². The molecule has 0 saturated carbocycles. The normalized spacial score (nSPS) is 13.2. The first-order chi connectivity index (χ1) is 30.0. The molecule has 0 amide bonds. The maximum atomic E-state index is 6.74. The molecule has 0 saturated heterocycles. The van der Waals surface area contributed by atoms with Crippen LogP contribution in [0.2, 0.25) is 0 Å². The highest BCUT2D eigenvalue weighted by molar-refractivity contribution is 6.16. The lowest BCUT2D eigenvalue weighted by Crippen LogP contribution is -2.16. The smallest absolute Gasteiger partial charge is 0.137 e. The first-order valence-corrected chi connectivity index (χ1v) is 21.0. The number of hydrogen-bond acceptors (Lipinski definition) is 3. The summed E-state index contributed by atoms with van der Waals surface area (Å²) >= 11 is 0. The first kappa shape index (κ1) is 34.1. The lowest BCUT2D eigenvalue weighted by atomic mass is 9.82. The molecule has 0 atom stereocenters. The average Bonchev–Trinajstić information content (AvgIpc) is 4.03. The predicted octanol–water partition coefficient (Wildman–Crippen LogP) is 16.0. The van der Waals surface area contributed by atoms with Crippen LogP contribution in [0.5, 0.6) is 0 Å². The van der Waals surface area contributed by atoms with Crippen molar-refractivity contribution in [2.75, 3.05) is 4.90 Å². The van der Waals surface area contributed by atoms with Crippen molar-refractivity contribution in [2.45, 2.75) is 19.3 Å². The maximum absolute atomic E-state index is 6.74. The molecule has 0 fully saturated rings. The topological polar surface area (TPSA) is 34.5 Å². The number of para-hydroxylation sites is 3. The van der Waals surface area contributed by atoms with Crippen LogP contribution in [-0.2, 0) is 5.41 Å².